The third kappa shape index (κ3) is 3.33. The van der Waals surface area contributed by atoms with Gasteiger partial charge in [-0.05, 0) is 18.2 Å². The Balaban J connectivity index is 2.59. The number of halogens is 6. The largest absolute Gasteiger partial charge is 0.416 e. The SMILES string of the molecule is Fc1cc(-c2nc(Cl)cc(Cl)n2)cc(C(F)(F)F)c1. The van der Waals surface area contributed by atoms with Crippen molar-refractivity contribution < 1.29 is 17.6 Å². The zero-order valence-electron chi connectivity index (χ0n) is 8.97. The van der Waals surface area contributed by atoms with Gasteiger partial charge in [0.15, 0.2) is 5.82 Å². The third-order valence-corrected chi connectivity index (χ3v) is 2.53. The highest BCUT2D eigenvalue weighted by Gasteiger charge is 2.31. The summed E-state index contributed by atoms with van der Waals surface area (Å²) in [5.74, 6) is -1.23. The van der Waals surface area contributed by atoms with Crippen LogP contribution in [0.4, 0.5) is 17.6 Å². The molecule has 1 aromatic carbocycles. The van der Waals surface area contributed by atoms with Gasteiger partial charge in [-0.2, -0.15) is 13.2 Å². The van der Waals surface area contributed by atoms with Gasteiger partial charge in [0.25, 0.3) is 0 Å². The molecule has 8 heteroatoms. The van der Waals surface area contributed by atoms with Gasteiger partial charge in [-0.25, -0.2) is 14.4 Å². The molecule has 100 valence electrons. The topological polar surface area (TPSA) is 25.8 Å². The van der Waals surface area contributed by atoms with E-state index in [0.717, 1.165) is 12.1 Å². The molecule has 0 bridgehead atoms. The van der Waals surface area contributed by atoms with Crippen LogP contribution in [0.1, 0.15) is 5.56 Å². The first-order valence-corrected chi connectivity index (χ1v) is 5.59. The number of alkyl halides is 3. The molecule has 0 aliphatic rings. The standard InChI is InChI=1S/C11H4Cl2F4N2/c12-8-4-9(13)19-10(18-8)5-1-6(11(15,16)17)3-7(14)2-5/h1-4H. The molecule has 1 aromatic heterocycles. The summed E-state index contributed by atoms with van der Waals surface area (Å²) in [6.45, 7) is 0. The van der Waals surface area contributed by atoms with Crippen molar-refractivity contribution in [3.05, 3.63) is 46.0 Å². The second-order valence-corrected chi connectivity index (χ2v) is 4.34. The molecular weight excluding hydrogens is 307 g/mol. The highest BCUT2D eigenvalue weighted by atomic mass is 35.5. The van der Waals surface area contributed by atoms with Crippen molar-refractivity contribution in [1.82, 2.24) is 9.97 Å². The number of nitrogens with zero attached hydrogens (tertiary/aromatic N) is 2. The number of rotatable bonds is 1. The molecule has 0 saturated heterocycles. The molecular formula is C11H4Cl2F4N2. The smallest absolute Gasteiger partial charge is 0.216 e. The van der Waals surface area contributed by atoms with Gasteiger partial charge in [-0.15, -0.1) is 0 Å². The maximum absolute atomic E-state index is 13.2. The monoisotopic (exact) mass is 310 g/mol. The van der Waals surface area contributed by atoms with Crippen LogP contribution in [-0.2, 0) is 6.18 Å². The van der Waals surface area contributed by atoms with Crippen LogP contribution in [0.3, 0.4) is 0 Å². The maximum atomic E-state index is 13.2. The van der Waals surface area contributed by atoms with Gasteiger partial charge in [0.05, 0.1) is 5.56 Å². The van der Waals surface area contributed by atoms with Crippen molar-refractivity contribution in [2.75, 3.05) is 0 Å². The lowest BCUT2D eigenvalue weighted by atomic mass is 10.1. The second-order valence-electron chi connectivity index (χ2n) is 3.56. The van der Waals surface area contributed by atoms with E-state index in [1.54, 1.807) is 0 Å². The molecule has 0 N–H and O–H groups in total. The quantitative estimate of drug-likeness (QED) is 0.568. The van der Waals surface area contributed by atoms with Crippen LogP contribution in [0.2, 0.25) is 10.3 Å². The van der Waals surface area contributed by atoms with E-state index in [4.69, 9.17) is 23.2 Å². The fourth-order valence-electron chi connectivity index (χ4n) is 1.40. The Labute approximate surface area is 115 Å². The maximum Gasteiger partial charge on any atom is 0.416 e. The Kier molecular flexibility index (Phi) is 3.64. The van der Waals surface area contributed by atoms with E-state index in [1.807, 2.05) is 0 Å². The minimum atomic E-state index is -4.67. The zero-order chi connectivity index (χ0) is 14.2. The van der Waals surface area contributed by atoms with Crippen molar-refractivity contribution in [2.24, 2.45) is 0 Å². The highest BCUT2D eigenvalue weighted by Crippen LogP contribution is 2.32. The fraction of sp³-hybridized carbons (Fsp3) is 0.0909. The summed E-state index contributed by atoms with van der Waals surface area (Å²) in [5, 5.41) is -0.0966. The van der Waals surface area contributed by atoms with E-state index in [-0.39, 0.29) is 21.7 Å². The summed E-state index contributed by atoms with van der Waals surface area (Å²) < 4.78 is 50.9. The molecule has 0 radical (unpaired) electrons. The predicted molar refractivity (Wildman–Crippen MR) is 62.4 cm³/mol. The van der Waals surface area contributed by atoms with E-state index in [1.165, 1.54) is 6.07 Å². The summed E-state index contributed by atoms with van der Waals surface area (Å²) in [5.41, 5.74) is -1.29. The minimum Gasteiger partial charge on any atom is -0.216 e. The molecule has 2 nitrogen and oxygen atoms in total. The third-order valence-electron chi connectivity index (χ3n) is 2.15. The average Bonchev–Trinajstić information content (AvgIpc) is 2.25. The van der Waals surface area contributed by atoms with Crippen molar-refractivity contribution in [3.8, 4) is 11.4 Å². The number of hydrogen-bond donors (Lipinski definition) is 0. The van der Waals surface area contributed by atoms with E-state index in [2.05, 4.69) is 9.97 Å². The second kappa shape index (κ2) is 4.94. The lowest BCUT2D eigenvalue weighted by Crippen LogP contribution is -2.06. The predicted octanol–water partition coefficient (Wildman–Crippen LogP) is 4.61. The summed E-state index contributed by atoms with van der Waals surface area (Å²) >= 11 is 11.2. The zero-order valence-corrected chi connectivity index (χ0v) is 10.5. The Morgan fingerprint density at radius 3 is 2.00 bits per heavy atom. The van der Waals surface area contributed by atoms with Gasteiger partial charge in [0.2, 0.25) is 0 Å². The molecule has 0 unspecified atom stereocenters. The van der Waals surface area contributed by atoms with Gasteiger partial charge in [-0.1, -0.05) is 23.2 Å². The summed E-state index contributed by atoms with van der Waals surface area (Å²) in [4.78, 5) is 7.41. The van der Waals surface area contributed by atoms with E-state index in [0.29, 0.717) is 6.07 Å². The number of benzene rings is 1. The molecule has 2 rings (SSSR count). The van der Waals surface area contributed by atoms with Crippen molar-refractivity contribution in [1.29, 1.82) is 0 Å². The van der Waals surface area contributed by atoms with Crippen LogP contribution in [0.15, 0.2) is 24.3 Å². The van der Waals surface area contributed by atoms with Crippen LogP contribution in [-0.4, -0.2) is 9.97 Å². The molecule has 0 atom stereocenters. The molecule has 2 aromatic rings. The summed E-state index contributed by atoms with van der Waals surface area (Å²) in [6, 6.07) is 3.20. The molecule has 0 saturated carbocycles. The molecule has 0 spiro atoms. The summed E-state index contributed by atoms with van der Waals surface area (Å²) in [6.07, 6.45) is -4.67. The Morgan fingerprint density at radius 2 is 1.47 bits per heavy atom. The fourth-order valence-corrected chi connectivity index (χ4v) is 1.82. The Hall–Kier alpha value is -1.40. The van der Waals surface area contributed by atoms with Crippen LogP contribution < -0.4 is 0 Å². The van der Waals surface area contributed by atoms with Crippen LogP contribution in [0.5, 0.6) is 0 Å². The van der Waals surface area contributed by atoms with E-state index >= 15 is 0 Å². The number of aromatic nitrogens is 2. The lowest BCUT2D eigenvalue weighted by Gasteiger charge is -2.09. The van der Waals surface area contributed by atoms with Crippen LogP contribution in [0, 0.1) is 5.82 Å². The van der Waals surface area contributed by atoms with Gasteiger partial charge in [0, 0.05) is 11.6 Å². The normalized spacial score (nSPS) is 11.7. The molecule has 19 heavy (non-hydrogen) atoms. The minimum absolute atomic E-state index is 0.0483. The lowest BCUT2D eigenvalue weighted by molar-refractivity contribution is -0.137. The average molecular weight is 311 g/mol. The van der Waals surface area contributed by atoms with Crippen molar-refractivity contribution in [2.45, 2.75) is 6.18 Å². The van der Waals surface area contributed by atoms with Gasteiger partial charge < -0.3 is 0 Å². The summed E-state index contributed by atoms with van der Waals surface area (Å²) in [7, 11) is 0. The molecule has 1 heterocycles. The van der Waals surface area contributed by atoms with Gasteiger partial charge in [-0.3, -0.25) is 0 Å². The molecule has 0 fully saturated rings. The van der Waals surface area contributed by atoms with E-state index < -0.39 is 17.6 Å². The first-order valence-electron chi connectivity index (χ1n) is 4.84. The van der Waals surface area contributed by atoms with Gasteiger partial charge in [0.1, 0.15) is 16.1 Å². The van der Waals surface area contributed by atoms with Crippen molar-refractivity contribution in [3.63, 3.8) is 0 Å². The molecule has 0 aliphatic carbocycles. The van der Waals surface area contributed by atoms with Crippen LogP contribution in [0.25, 0.3) is 11.4 Å². The first-order chi connectivity index (χ1) is 8.75. The number of hydrogen-bond acceptors (Lipinski definition) is 2. The molecule has 0 amide bonds. The Bertz CT molecular complexity index is 608. The Morgan fingerprint density at radius 1 is 0.895 bits per heavy atom. The van der Waals surface area contributed by atoms with E-state index in [9.17, 15) is 17.6 Å². The van der Waals surface area contributed by atoms with Gasteiger partial charge >= 0.3 is 6.18 Å². The first kappa shape index (κ1) is 14.0. The molecule has 0 aliphatic heterocycles. The van der Waals surface area contributed by atoms with Crippen molar-refractivity contribution >= 4 is 23.2 Å². The highest BCUT2D eigenvalue weighted by molar-refractivity contribution is 6.33. The van der Waals surface area contributed by atoms with Crippen LogP contribution >= 0.6 is 23.2 Å².